The Morgan fingerprint density at radius 1 is 1.00 bits per heavy atom. The molecule has 0 amide bonds. The molecule has 1 aromatic heterocycles. The molecule has 1 aliphatic heterocycles. The summed E-state index contributed by atoms with van der Waals surface area (Å²) in [6.07, 6.45) is 0. The van der Waals surface area contributed by atoms with Crippen LogP contribution >= 0.6 is 0 Å². The van der Waals surface area contributed by atoms with E-state index in [1.807, 2.05) is 54.6 Å². The van der Waals surface area contributed by atoms with E-state index >= 15 is 0 Å². The van der Waals surface area contributed by atoms with Crippen LogP contribution in [0.4, 0.5) is 17.3 Å². The van der Waals surface area contributed by atoms with E-state index in [0.29, 0.717) is 16.9 Å². The fourth-order valence-corrected chi connectivity index (χ4v) is 3.81. The highest BCUT2D eigenvalue weighted by Crippen LogP contribution is 2.42. The summed E-state index contributed by atoms with van der Waals surface area (Å²) in [7, 11) is 2.08. The first kappa shape index (κ1) is 19.4. The topological polar surface area (TPSA) is 73.5 Å². The Labute approximate surface area is 176 Å². The molecule has 0 saturated carbocycles. The number of hydrogen-bond acceptors (Lipinski definition) is 5. The first-order valence-corrected chi connectivity index (χ1v) is 9.82. The SMILES string of the molecule is [C-]#[N+]c1c(N)nc(N2CCN(C)CC2)c(C#N)c1-c1cccc(-c2ccccc2)c1. The molecule has 0 spiro atoms. The molecule has 2 heterocycles. The van der Waals surface area contributed by atoms with Gasteiger partial charge in [-0.15, -0.1) is 0 Å². The third-order valence-electron chi connectivity index (χ3n) is 5.46. The fraction of sp³-hybridized carbons (Fsp3) is 0.208. The summed E-state index contributed by atoms with van der Waals surface area (Å²) in [5.74, 6) is 0.730. The van der Waals surface area contributed by atoms with Gasteiger partial charge in [0.15, 0.2) is 0 Å². The predicted octanol–water partition coefficient (Wildman–Crippen LogP) is 4.17. The minimum atomic E-state index is 0.165. The summed E-state index contributed by atoms with van der Waals surface area (Å²) in [6, 6.07) is 20.2. The predicted molar refractivity (Wildman–Crippen MR) is 120 cm³/mol. The van der Waals surface area contributed by atoms with Crippen LogP contribution in [0.5, 0.6) is 0 Å². The highest BCUT2D eigenvalue weighted by molar-refractivity contribution is 5.93. The average Bonchev–Trinajstić information content (AvgIpc) is 2.79. The monoisotopic (exact) mass is 394 g/mol. The molecule has 2 aromatic carbocycles. The average molecular weight is 394 g/mol. The highest BCUT2D eigenvalue weighted by Gasteiger charge is 2.25. The summed E-state index contributed by atoms with van der Waals surface area (Å²) < 4.78 is 0. The van der Waals surface area contributed by atoms with Crippen molar-refractivity contribution < 1.29 is 0 Å². The largest absolute Gasteiger partial charge is 0.392 e. The minimum absolute atomic E-state index is 0.165. The van der Waals surface area contributed by atoms with Gasteiger partial charge in [0.1, 0.15) is 17.7 Å². The van der Waals surface area contributed by atoms with Gasteiger partial charge >= 0.3 is 0 Å². The first-order valence-electron chi connectivity index (χ1n) is 9.82. The second-order valence-electron chi connectivity index (χ2n) is 7.38. The standard InChI is InChI=1S/C24H22N6/c1-27-22-21(19-10-6-9-18(15-19)17-7-4-3-5-8-17)20(16-25)24(28-23(22)26)30-13-11-29(2)12-14-30/h3-10,15H,11-14H2,2H3,(H2,26,28). The van der Waals surface area contributed by atoms with Crippen LogP contribution < -0.4 is 10.6 Å². The van der Waals surface area contributed by atoms with Crippen LogP contribution in [-0.2, 0) is 0 Å². The molecular weight excluding hydrogens is 372 g/mol. The smallest absolute Gasteiger partial charge is 0.237 e. The molecule has 3 aromatic rings. The number of nitrogen functional groups attached to an aromatic ring is 1. The molecule has 148 valence electrons. The van der Waals surface area contributed by atoms with Gasteiger partial charge in [0.05, 0.1) is 12.1 Å². The van der Waals surface area contributed by atoms with E-state index in [1.165, 1.54) is 0 Å². The summed E-state index contributed by atoms with van der Waals surface area (Å²) in [5, 5.41) is 10.1. The van der Waals surface area contributed by atoms with Crippen molar-refractivity contribution >= 4 is 17.3 Å². The normalized spacial score (nSPS) is 14.2. The quantitative estimate of drug-likeness (QED) is 0.675. The van der Waals surface area contributed by atoms with Crippen molar-refractivity contribution in [3.63, 3.8) is 0 Å². The molecule has 0 atom stereocenters. The van der Waals surface area contributed by atoms with Crippen molar-refractivity contribution in [3.05, 3.63) is 71.6 Å². The molecule has 1 fully saturated rings. The molecule has 0 unspecified atom stereocenters. The Morgan fingerprint density at radius 3 is 2.33 bits per heavy atom. The van der Waals surface area contributed by atoms with E-state index in [-0.39, 0.29) is 11.5 Å². The van der Waals surface area contributed by atoms with Crippen LogP contribution in [0, 0.1) is 17.9 Å². The van der Waals surface area contributed by atoms with E-state index in [1.54, 1.807) is 0 Å². The molecule has 0 bridgehead atoms. The summed E-state index contributed by atoms with van der Waals surface area (Å²) in [6.45, 7) is 11.0. The molecule has 2 N–H and O–H groups in total. The summed E-state index contributed by atoms with van der Waals surface area (Å²) in [5.41, 5.74) is 10.3. The van der Waals surface area contributed by atoms with Crippen LogP contribution in [0.15, 0.2) is 54.6 Å². The van der Waals surface area contributed by atoms with Gasteiger partial charge in [-0.3, -0.25) is 0 Å². The number of nitrogens with two attached hydrogens (primary N) is 1. The Hall–Kier alpha value is -3.87. The van der Waals surface area contributed by atoms with E-state index in [2.05, 4.69) is 32.7 Å². The summed E-state index contributed by atoms with van der Waals surface area (Å²) in [4.78, 5) is 12.4. The van der Waals surface area contributed by atoms with Crippen LogP contribution in [-0.4, -0.2) is 43.1 Å². The molecule has 0 aliphatic carbocycles. The zero-order valence-corrected chi connectivity index (χ0v) is 16.8. The van der Waals surface area contributed by atoms with Gasteiger partial charge in [0.25, 0.3) is 0 Å². The van der Waals surface area contributed by atoms with E-state index in [4.69, 9.17) is 12.3 Å². The number of aromatic nitrogens is 1. The Bertz CT molecular complexity index is 1150. The number of hydrogen-bond donors (Lipinski definition) is 1. The Kier molecular flexibility index (Phi) is 5.34. The van der Waals surface area contributed by atoms with Crippen molar-refractivity contribution in [1.29, 1.82) is 5.26 Å². The molecule has 1 aliphatic rings. The highest BCUT2D eigenvalue weighted by atomic mass is 15.3. The van der Waals surface area contributed by atoms with Crippen molar-refractivity contribution in [2.75, 3.05) is 43.9 Å². The van der Waals surface area contributed by atoms with Gasteiger partial charge in [0, 0.05) is 31.7 Å². The van der Waals surface area contributed by atoms with E-state index < -0.39 is 0 Å². The molecule has 1 saturated heterocycles. The second kappa shape index (κ2) is 8.24. The number of anilines is 2. The molecule has 6 nitrogen and oxygen atoms in total. The van der Waals surface area contributed by atoms with Gasteiger partial charge in [-0.1, -0.05) is 48.5 Å². The third-order valence-corrected chi connectivity index (χ3v) is 5.46. The number of piperazine rings is 1. The van der Waals surface area contributed by atoms with Gasteiger partial charge in [0.2, 0.25) is 5.69 Å². The molecular formula is C24H22N6. The van der Waals surface area contributed by atoms with Crippen LogP contribution in [0.25, 0.3) is 27.1 Å². The molecule has 0 radical (unpaired) electrons. The van der Waals surface area contributed by atoms with Gasteiger partial charge in [-0.25, -0.2) is 9.83 Å². The van der Waals surface area contributed by atoms with Crippen molar-refractivity contribution in [1.82, 2.24) is 9.88 Å². The Balaban J connectivity index is 1.89. The minimum Gasteiger partial charge on any atom is -0.392 e. The van der Waals surface area contributed by atoms with E-state index in [0.717, 1.165) is 42.9 Å². The number of rotatable bonds is 3. The maximum Gasteiger partial charge on any atom is 0.237 e. The lowest BCUT2D eigenvalue weighted by molar-refractivity contribution is 0.312. The van der Waals surface area contributed by atoms with Crippen LogP contribution in [0.3, 0.4) is 0 Å². The number of nitriles is 1. The number of benzene rings is 2. The Morgan fingerprint density at radius 2 is 1.67 bits per heavy atom. The first-order chi connectivity index (χ1) is 14.6. The lowest BCUT2D eigenvalue weighted by Gasteiger charge is -2.34. The number of pyridine rings is 1. The lowest BCUT2D eigenvalue weighted by Crippen LogP contribution is -2.45. The lowest BCUT2D eigenvalue weighted by atomic mass is 9.95. The summed E-state index contributed by atoms with van der Waals surface area (Å²) >= 11 is 0. The van der Waals surface area contributed by atoms with Gasteiger partial charge in [-0.2, -0.15) is 5.26 Å². The number of nitrogens with zero attached hydrogens (tertiary/aromatic N) is 5. The van der Waals surface area contributed by atoms with Gasteiger partial charge in [-0.05, 0) is 29.8 Å². The zero-order valence-electron chi connectivity index (χ0n) is 16.8. The molecule has 6 heteroatoms. The van der Waals surface area contributed by atoms with Crippen molar-refractivity contribution in [2.24, 2.45) is 0 Å². The maximum atomic E-state index is 10.1. The zero-order chi connectivity index (χ0) is 21.1. The third kappa shape index (κ3) is 3.57. The maximum absolute atomic E-state index is 10.1. The van der Waals surface area contributed by atoms with E-state index in [9.17, 15) is 5.26 Å². The molecule has 4 rings (SSSR count). The van der Waals surface area contributed by atoms with Crippen LogP contribution in [0.1, 0.15) is 5.56 Å². The van der Waals surface area contributed by atoms with Gasteiger partial charge < -0.3 is 15.5 Å². The van der Waals surface area contributed by atoms with Crippen molar-refractivity contribution in [2.45, 2.75) is 0 Å². The second-order valence-corrected chi connectivity index (χ2v) is 7.38. The van der Waals surface area contributed by atoms with Crippen LogP contribution in [0.2, 0.25) is 0 Å². The fourth-order valence-electron chi connectivity index (χ4n) is 3.81. The molecule has 30 heavy (non-hydrogen) atoms. The van der Waals surface area contributed by atoms with Crippen molar-refractivity contribution in [3.8, 4) is 28.3 Å². The number of likely N-dealkylation sites (N-methyl/N-ethyl adjacent to an activating group) is 1.